The summed E-state index contributed by atoms with van der Waals surface area (Å²) < 4.78 is 5.37. The summed E-state index contributed by atoms with van der Waals surface area (Å²) in [6.45, 7) is -0.115. The van der Waals surface area contributed by atoms with E-state index in [9.17, 15) is 14.9 Å². The zero-order valence-corrected chi connectivity index (χ0v) is 12.4. The molecule has 2 aromatic carbocycles. The van der Waals surface area contributed by atoms with Crippen molar-refractivity contribution in [3.8, 4) is 5.75 Å². The van der Waals surface area contributed by atoms with E-state index < -0.39 is 4.92 Å². The average Bonchev–Trinajstić information content (AvgIpc) is 2.96. The molecule has 1 aliphatic rings. The van der Waals surface area contributed by atoms with Crippen LogP contribution in [0.1, 0.15) is 23.6 Å². The zero-order valence-electron chi connectivity index (χ0n) is 12.4. The molecule has 0 aromatic heterocycles. The highest BCUT2D eigenvalue weighted by molar-refractivity contribution is 5.78. The van der Waals surface area contributed by atoms with Crippen LogP contribution in [-0.2, 0) is 11.2 Å². The van der Waals surface area contributed by atoms with E-state index >= 15 is 0 Å². The van der Waals surface area contributed by atoms with E-state index in [0.717, 1.165) is 18.4 Å². The number of fused-ring (bicyclic) bond motifs is 1. The van der Waals surface area contributed by atoms with Crippen LogP contribution in [0.2, 0.25) is 0 Å². The highest BCUT2D eigenvalue weighted by Crippen LogP contribution is 2.30. The number of amides is 1. The maximum Gasteiger partial charge on any atom is 0.269 e. The molecule has 0 fully saturated rings. The normalized spacial score (nSPS) is 15.7. The molecule has 6 heteroatoms. The minimum atomic E-state index is -0.478. The van der Waals surface area contributed by atoms with Gasteiger partial charge in [0.25, 0.3) is 11.6 Å². The number of hydrogen-bond acceptors (Lipinski definition) is 4. The molecule has 0 saturated carbocycles. The number of non-ortho nitro benzene ring substituents is 1. The van der Waals surface area contributed by atoms with E-state index in [2.05, 4.69) is 11.4 Å². The van der Waals surface area contributed by atoms with Gasteiger partial charge in [0.1, 0.15) is 5.75 Å². The van der Waals surface area contributed by atoms with Gasteiger partial charge in [0.05, 0.1) is 11.0 Å². The molecule has 2 aromatic rings. The summed E-state index contributed by atoms with van der Waals surface area (Å²) in [7, 11) is 0. The Morgan fingerprint density at radius 2 is 1.96 bits per heavy atom. The van der Waals surface area contributed by atoms with Gasteiger partial charge < -0.3 is 10.1 Å². The summed E-state index contributed by atoms with van der Waals surface area (Å²) in [5.41, 5.74) is 2.43. The molecule has 3 rings (SSSR count). The number of nitro groups is 1. The van der Waals surface area contributed by atoms with Crippen LogP contribution in [0.4, 0.5) is 5.69 Å². The maximum absolute atomic E-state index is 12.0. The van der Waals surface area contributed by atoms with Crippen molar-refractivity contribution in [2.24, 2.45) is 0 Å². The monoisotopic (exact) mass is 312 g/mol. The fourth-order valence-corrected chi connectivity index (χ4v) is 2.76. The summed E-state index contributed by atoms with van der Waals surface area (Å²) in [5, 5.41) is 13.5. The van der Waals surface area contributed by atoms with Gasteiger partial charge in [0.2, 0.25) is 0 Å². The number of nitrogens with zero attached hydrogens (tertiary/aromatic N) is 1. The number of carbonyl (C=O) groups excluding carboxylic acids is 1. The van der Waals surface area contributed by atoms with E-state index in [1.165, 1.54) is 29.8 Å². The van der Waals surface area contributed by atoms with Gasteiger partial charge in [-0.3, -0.25) is 14.9 Å². The molecular weight excluding hydrogens is 296 g/mol. The van der Waals surface area contributed by atoms with Gasteiger partial charge in [0.15, 0.2) is 6.61 Å². The third-order valence-electron chi connectivity index (χ3n) is 3.89. The standard InChI is InChI=1S/C17H16N2O4/c20-17(11-23-14-8-6-13(7-9-14)19(21)22)18-16-10-5-12-3-1-2-4-15(12)16/h1-4,6-9,16H,5,10-11H2,(H,18,20). The summed E-state index contributed by atoms with van der Waals surface area (Å²) in [4.78, 5) is 22.1. The van der Waals surface area contributed by atoms with Crippen LogP contribution >= 0.6 is 0 Å². The lowest BCUT2D eigenvalue weighted by Gasteiger charge is -2.14. The number of ether oxygens (including phenoxy) is 1. The van der Waals surface area contributed by atoms with Crippen LogP contribution in [0.5, 0.6) is 5.75 Å². The molecule has 118 valence electrons. The Morgan fingerprint density at radius 3 is 2.70 bits per heavy atom. The quantitative estimate of drug-likeness (QED) is 0.680. The summed E-state index contributed by atoms with van der Waals surface area (Å²) in [6, 6.07) is 13.8. The van der Waals surface area contributed by atoms with Crippen LogP contribution in [-0.4, -0.2) is 17.4 Å². The minimum absolute atomic E-state index is 0.00985. The fourth-order valence-electron chi connectivity index (χ4n) is 2.76. The Labute approximate surface area is 133 Å². The van der Waals surface area contributed by atoms with Gasteiger partial charge >= 0.3 is 0 Å². The lowest BCUT2D eigenvalue weighted by molar-refractivity contribution is -0.384. The van der Waals surface area contributed by atoms with Crippen LogP contribution in [0.25, 0.3) is 0 Å². The highest BCUT2D eigenvalue weighted by atomic mass is 16.6. The molecule has 23 heavy (non-hydrogen) atoms. The van der Waals surface area contributed by atoms with E-state index in [0.29, 0.717) is 5.75 Å². The van der Waals surface area contributed by atoms with Crippen LogP contribution in [0.3, 0.4) is 0 Å². The Balaban J connectivity index is 1.53. The summed E-state index contributed by atoms with van der Waals surface area (Å²) in [6.07, 6.45) is 1.85. The molecule has 1 unspecified atom stereocenters. The van der Waals surface area contributed by atoms with Gasteiger partial charge in [-0.05, 0) is 36.1 Å². The van der Waals surface area contributed by atoms with Crippen molar-refractivity contribution in [2.45, 2.75) is 18.9 Å². The van der Waals surface area contributed by atoms with Crippen molar-refractivity contribution in [2.75, 3.05) is 6.61 Å². The first-order chi connectivity index (χ1) is 11.1. The first-order valence-electron chi connectivity index (χ1n) is 7.38. The fraction of sp³-hybridized carbons (Fsp3) is 0.235. The second-order valence-electron chi connectivity index (χ2n) is 5.40. The van der Waals surface area contributed by atoms with E-state index in [4.69, 9.17) is 4.74 Å². The molecule has 1 N–H and O–H groups in total. The van der Waals surface area contributed by atoms with Crippen molar-refractivity contribution in [3.63, 3.8) is 0 Å². The number of benzene rings is 2. The number of nitro benzene ring substituents is 1. The predicted octanol–water partition coefficient (Wildman–Crippen LogP) is 2.78. The van der Waals surface area contributed by atoms with E-state index in [-0.39, 0.29) is 24.2 Å². The first-order valence-corrected chi connectivity index (χ1v) is 7.38. The minimum Gasteiger partial charge on any atom is -0.484 e. The lowest BCUT2D eigenvalue weighted by Crippen LogP contribution is -2.31. The third-order valence-corrected chi connectivity index (χ3v) is 3.89. The number of rotatable bonds is 5. The van der Waals surface area contributed by atoms with E-state index in [1.807, 2.05) is 18.2 Å². The molecule has 0 spiro atoms. The van der Waals surface area contributed by atoms with Gasteiger partial charge in [0, 0.05) is 12.1 Å². The molecular formula is C17H16N2O4. The van der Waals surface area contributed by atoms with Gasteiger partial charge in [-0.2, -0.15) is 0 Å². The highest BCUT2D eigenvalue weighted by Gasteiger charge is 2.23. The molecule has 0 aliphatic heterocycles. The topological polar surface area (TPSA) is 81.5 Å². The molecule has 1 aliphatic carbocycles. The smallest absolute Gasteiger partial charge is 0.269 e. The Kier molecular flexibility index (Phi) is 4.23. The van der Waals surface area contributed by atoms with Gasteiger partial charge in [-0.1, -0.05) is 24.3 Å². The largest absolute Gasteiger partial charge is 0.484 e. The Bertz CT molecular complexity index is 728. The van der Waals surface area contributed by atoms with Crippen LogP contribution < -0.4 is 10.1 Å². The van der Waals surface area contributed by atoms with Crippen LogP contribution in [0, 0.1) is 10.1 Å². The van der Waals surface area contributed by atoms with Crippen molar-refractivity contribution in [1.29, 1.82) is 0 Å². The van der Waals surface area contributed by atoms with Crippen molar-refractivity contribution >= 4 is 11.6 Å². The van der Waals surface area contributed by atoms with Gasteiger partial charge in [-0.15, -0.1) is 0 Å². The van der Waals surface area contributed by atoms with Gasteiger partial charge in [-0.25, -0.2) is 0 Å². The maximum atomic E-state index is 12.0. The molecule has 1 atom stereocenters. The molecule has 0 saturated heterocycles. The average molecular weight is 312 g/mol. The summed E-state index contributed by atoms with van der Waals surface area (Å²) in [5.74, 6) is 0.225. The van der Waals surface area contributed by atoms with Crippen molar-refractivity contribution in [3.05, 3.63) is 69.8 Å². The SMILES string of the molecule is O=C(COc1ccc([N+](=O)[O-])cc1)NC1CCc2ccccc21. The van der Waals surface area contributed by atoms with Crippen LogP contribution in [0.15, 0.2) is 48.5 Å². The number of carbonyl (C=O) groups is 1. The third kappa shape index (κ3) is 3.48. The molecule has 0 bridgehead atoms. The first kappa shape index (κ1) is 15.0. The second kappa shape index (κ2) is 6.48. The zero-order chi connectivity index (χ0) is 16.2. The van der Waals surface area contributed by atoms with Crippen molar-refractivity contribution in [1.82, 2.24) is 5.32 Å². The van der Waals surface area contributed by atoms with Crippen molar-refractivity contribution < 1.29 is 14.5 Å². The second-order valence-corrected chi connectivity index (χ2v) is 5.40. The molecule has 0 radical (unpaired) electrons. The molecule has 6 nitrogen and oxygen atoms in total. The number of aryl methyl sites for hydroxylation is 1. The summed E-state index contributed by atoms with van der Waals surface area (Å²) >= 11 is 0. The molecule has 0 heterocycles. The predicted molar refractivity (Wildman–Crippen MR) is 84.2 cm³/mol. The van der Waals surface area contributed by atoms with E-state index in [1.54, 1.807) is 0 Å². The Morgan fingerprint density at radius 1 is 1.22 bits per heavy atom. The Hall–Kier alpha value is -2.89. The number of hydrogen-bond donors (Lipinski definition) is 1. The number of nitrogens with one attached hydrogen (secondary N) is 1. The lowest BCUT2D eigenvalue weighted by atomic mass is 10.1. The molecule has 1 amide bonds.